The molecule has 2 amide bonds. The van der Waals surface area contributed by atoms with Gasteiger partial charge in [0.2, 0.25) is 11.8 Å². The molecule has 1 aromatic carbocycles. The summed E-state index contributed by atoms with van der Waals surface area (Å²) >= 11 is 1.18. The third-order valence-corrected chi connectivity index (χ3v) is 5.19. The van der Waals surface area contributed by atoms with Crippen molar-refractivity contribution in [3.05, 3.63) is 35.7 Å². The molecule has 0 bridgehead atoms. The van der Waals surface area contributed by atoms with Crippen LogP contribution in [0.25, 0.3) is 0 Å². The largest absolute Gasteiger partial charge is 0.370 e. The van der Waals surface area contributed by atoms with Gasteiger partial charge in [-0.05, 0) is 31.9 Å². The fourth-order valence-corrected chi connectivity index (χ4v) is 3.37. The number of amides is 2. The van der Waals surface area contributed by atoms with Crippen LogP contribution >= 0.6 is 11.8 Å². The lowest BCUT2D eigenvalue weighted by Crippen LogP contribution is -2.23. The Bertz CT molecular complexity index is 869. The number of hydrogen-bond donors (Lipinski definition) is 2. The molecular formula is C17H19F2N5O2S. The molecule has 1 atom stereocenters. The first-order valence-electron chi connectivity index (χ1n) is 8.49. The highest BCUT2D eigenvalue weighted by Gasteiger charge is 2.31. The van der Waals surface area contributed by atoms with Gasteiger partial charge in [0.1, 0.15) is 5.82 Å². The Morgan fingerprint density at radius 2 is 2.07 bits per heavy atom. The fourth-order valence-electron chi connectivity index (χ4n) is 2.49. The Kier molecular flexibility index (Phi) is 5.73. The van der Waals surface area contributed by atoms with Gasteiger partial charge in [-0.1, -0.05) is 11.8 Å². The summed E-state index contributed by atoms with van der Waals surface area (Å²) in [5.41, 5.74) is 5.40. The van der Waals surface area contributed by atoms with Crippen LogP contribution in [0.15, 0.2) is 23.4 Å². The van der Waals surface area contributed by atoms with Crippen LogP contribution in [0.5, 0.6) is 0 Å². The van der Waals surface area contributed by atoms with E-state index in [1.807, 2.05) is 4.57 Å². The number of aromatic nitrogens is 3. The van der Waals surface area contributed by atoms with Crippen LogP contribution in [-0.2, 0) is 16.1 Å². The maximum Gasteiger partial charge on any atom is 0.237 e. The van der Waals surface area contributed by atoms with Gasteiger partial charge in [0.05, 0.1) is 5.25 Å². The number of nitrogens with one attached hydrogen (secondary N) is 1. The zero-order valence-electron chi connectivity index (χ0n) is 14.6. The van der Waals surface area contributed by atoms with Gasteiger partial charge >= 0.3 is 0 Å². The van der Waals surface area contributed by atoms with Crippen molar-refractivity contribution in [1.82, 2.24) is 14.8 Å². The summed E-state index contributed by atoms with van der Waals surface area (Å²) in [6.45, 7) is 2.03. The highest BCUT2D eigenvalue weighted by atomic mass is 32.2. The van der Waals surface area contributed by atoms with Gasteiger partial charge in [-0.25, -0.2) is 8.78 Å². The van der Waals surface area contributed by atoms with Gasteiger partial charge in [0, 0.05) is 30.6 Å². The van der Waals surface area contributed by atoms with E-state index in [2.05, 4.69) is 15.5 Å². The average Bonchev–Trinajstić information content (AvgIpc) is 3.38. The Hall–Kier alpha value is -2.49. The van der Waals surface area contributed by atoms with Gasteiger partial charge in [0.25, 0.3) is 0 Å². The molecule has 0 aliphatic heterocycles. The van der Waals surface area contributed by atoms with E-state index >= 15 is 0 Å². The number of thioether (sulfide) groups is 1. The van der Waals surface area contributed by atoms with Crippen LogP contribution in [0.1, 0.15) is 37.9 Å². The minimum Gasteiger partial charge on any atom is -0.370 e. The van der Waals surface area contributed by atoms with Crippen LogP contribution in [0.3, 0.4) is 0 Å². The Morgan fingerprint density at radius 3 is 2.70 bits per heavy atom. The number of primary amides is 1. The summed E-state index contributed by atoms with van der Waals surface area (Å²) in [4.78, 5) is 23.5. The van der Waals surface area contributed by atoms with E-state index in [4.69, 9.17) is 5.73 Å². The van der Waals surface area contributed by atoms with E-state index in [9.17, 15) is 18.4 Å². The minimum atomic E-state index is -1.03. The summed E-state index contributed by atoms with van der Waals surface area (Å²) in [5, 5.41) is 10.8. The summed E-state index contributed by atoms with van der Waals surface area (Å²) < 4.78 is 28.1. The standard InChI is InChI=1S/C17H19F2N5O2S/c1-9(16(26)21-11-4-5-12(18)13(19)8-11)27-17-23-22-15(10-2-3-10)24(17)7-6-14(20)25/h4-5,8-10H,2-3,6-7H2,1H3,(H2,20,25)(H,21,26)/t9-/m1/s1. The van der Waals surface area contributed by atoms with Crippen LogP contribution in [0.2, 0.25) is 0 Å². The summed E-state index contributed by atoms with van der Waals surface area (Å²) in [6.07, 6.45) is 2.19. The van der Waals surface area contributed by atoms with Gasteiger partial charge in [-0.15, -0.1) is 10.2 Å². The first-order chi connectivity index (χ1) is 12.8. The van der Waals surface area contributed by atoms with Gasteiger partial charge in [-0.3, -0.25) is 9.59 Å². The molecule has 0 radical (unpaired) electrons. The topological polar surface area (TPSA) is 103 Å². The van der Waals surface area contributed by atoms with Crippen molar-refractivity contribution in [2.24, 2.45) is 5.73 Å². The van der Waals surface area contributed by atoms with Gasteiger partial charge < -0.3 is 15.6 Å². The fraction of sp³-hybridized carbons (Fsp3) is 0.412. The predicted molar refractivity (Wildman–Crippen MR) is 96.1 cm³/mol. The Balaban J connectivity index is 1.69. The van der Waals surface area contributed by atoms with Crippen molar-refractivity contribution in [3.8, 4) is 0 Å². The van der Waals surface area contributed by atoms with Crippen molar-refractivity contribution < 1.29 is 18.4 Å². The van der Waals surface area contributed by atoms with Crippen LogP contribution < -0.4 is 11.1 Å². The highest BCUT2D eigenvalue weighted by molar-refractivity contribution is 8.00. The molecule has 1 heterocycles. The number of nitrogens with zero attached hydrogens (tertiary/aromatic N) is 3. The predicted octanol–water partition coefficient (Wildman–Crippen LogP) is 2.43. The molecule has 0 spiro atoms. The number of rotatable bonds is 8. The molecule has 27 heavy (non-hydrogen) atoms. The molecule has 0 saturated heterocycles. The second-order valence-corrected chi connectivity index (χ2v) is 7.67. The van der Waals surface area contributed by atoms with Crippen molar-refractivity contribution in [3.63, 3.8) is 0 Å². The molecule has 1 aliphatic carbocycles. The van der Waals surface area contributed by atoms with E-state index in [0.29, 0.717) is 17.6 Å². The van der Waals surface area contributed by atoms with E-state index in [1.165, 1.54) is 17.8 Å². The second kappa shape index (κ2) is 8.03. The Labute approximate surface area is 158 Å². The number of carbonyl (C=O) groups excluding carboxylic acids is 2. The van der Waals surface area contributed by atoms with Crippen LogP contribution in [0, 0.1) is 11.6 Å². The molecule has 2 aromatic rings. The lowest BCUT2D eigenvalue weighted by Gasteiger charge is -2.13. The maximum absolute atomic E-state index is 13.3. The molecule has 144 valence electrons. The van der Waals surface area contributed by atoms with Crippen LogP contribution in [-0.4, -0.2) is 31.8 Å². The molecule has 10 heteroatoms. The summed E-state index contributed by atoms with van der Waals surface area (Å²) in [7, 11) is 0. The van der Waals surface area contributed by atoms with Crippen molar-refractivity contribution in [2.75, 3.05) is 5.32 Å². The number of benzene rings is 1. The second-order valence-electron chi connectivity index (χ2n) is 6.36. The van der Waals surface area contributed by atoms with E-state index < -0.39 is 22.8 Å². The van der Waals surface area contributed by atoms with Gasteiger partial charge in [-0.2, -0.15) is 0 Å². The number of hydrogen-bond acceptors (Lipinski definition) is 5. The smallest absolute Gasteiger partial charge is 0.237 e. The zero-order chi connectivity index (χ0) is 19.6. The molecule has 3 rings (SSSR count). The number of carbonyl (C=O) groups is 2. The molecule has 0 unspecified atom stereocenters. The normalized spacial score (nSPS) is 14.8. The van der Waals surface area contributed by atoms with E-state index in [-0.39, 0.29) is 18.0 Å². The number of anilines is 1. The molecule has 1 aromatic heterocycles. The molecule has 7 nitrogen and oxygen atoms in total. The van der Waals surface area contributed by atoms with E-state index in [0.717, 1.165) is 30.8 Å². The minimum absolute atomic E-state index is 0.154. The summed E-state index contributed by atoms with van der Waals surface area (Å²) in [6, 6.07) is 3.16. The Morgan fingerprint density at radius 1 is 1.33 bits per heavy atom. The van der Waals surface area contributed by atoms with Crippen molar-refractivity contribution in [1.29, 1.82) is 0 Å². The molecule has 1 saturated carbocycles. The summed E-state index contributed by atoms with van der Waals surface area (Å²) in [5.74, 6) is -1.70. The first kappa shape index (κ1) is 19.3. The van der Waals surface area contributed by atoms with E-state index in [1.54, 1.807) is 6.92 Å². The molecule has 1 fully saturated rings. The molecular weight excluding hydrogens is 376 g/mol. The van der Waals surface area contributed by atoms with Crippen molar-refractivity contribution in [2.45, 2.75) is 49.1 Å². The monoisotopic (exact) mass is 395 g/mol. The quantitative estimate of drug-likeness (QED) is 0.668. The zero-order valence-corrected chi connectivity index (χ0v) is 15.4. The first-order valence-corrected chi connectivity index (χ1v) is 9.37. The number of halogens is 2. The SMILES string of the molecule is C[C@@H](Sc1nnc(C2CC2)n1CCC(N)=O)C(=O)Nc1ccc(F)c(F)c1. The maximum atomic E-state index is 13.3. The lowest BCUT2D eigenvalue weighted by molar-refractivity contribution is -0.118. The number of nitrogens with two attached hydrogens (primary N) is 1. The lowest BCUT2D eigenvalue weighted by atomic mass is 10.3. The van der Waals surface area contributed by atoms with Crippen molar-refractivity contribution >= 4 is 29.3 Å². The average molecular weight is 395 g/mol. The van der Waals surface area contributed by atoms with Crippen LogP contribution in [0.4, 0.5) is 14.5 Å². The third-order valence-electron chi connectivity index (χ3n) is 4.11. The van der Waals surface area contributed by atoms with Gasteiger partial charge in [0.15, 0.2) is 16.8 Å². The third kappa shape index (κ3) is 4.82. The molecule has 1 aliphatic rings. The highest BCUT2D eigenvalue weighted by Crippen LogP contribution is 2.40. The molecule has 3 N–H and O–H groups in total.